The first kappa shape index (κ1) is 44.1. The third kappa shape index (κ3) is 31.5. The van der Waals surface area contributed by atoms with Crippen molar-refractivity contribution in [3.05, 3.63) is 12.2 Å². The molecule has 0 aromatic heterocycles. The van der Waals surface area contributed by atoms with Crippen LogP contribution in [0.4, 0.5) is 0 Å². The summed E-state index contributed by atoms with van der Waals surface area (Å²) in [6.07, 6.45) is 40.3. The topological polar surface area (TPSA) is 89.8 Å². The van der Waals surface area contributed by atoms with Crippen LogP contribution in [-0.2, 0) is 4.79 Å². The van der Waals surface area contributed by atoms with Crippen LogP contribution in [0.5, 0.6) is 0 Å². The molecule has 0 fully saturated rings. The molecule has 1 amide bonds. The van der Waals surface area contributed by atoms with Gasteiger partial charge in [0.2, 0.25) is 5.91 Å². The number of aliphatic hydroxyl groups excluding tert-OH is 3. The largest absolute Gasteiger partial charge is 0.394 e. The molecule has 3 atom stereocenters. The summed E-state index contributed by atoms with van der Waals surface area (Å²) in [5.41, 5.74) is 0. The van der Waals surface area contributed by atoms with Crippen molar-refractivity contribution in [1.29, 1.82) is 0 Å². The lowest BCUT2D eigenvalue weighted by molar-refractivity contribution is -0.124. The van der Waals surface area contributed by atoms with Gasteiger partial charge in [-0.2, -0.15) is 0 Å². The van der Waals surface area contributed by atoms with Gasteiger partial charge in [0.1, 0.15) is 6.10 Å². The van der Waals surface area contributed by atoms with Gasteiger partial charge in [0.15, 0.2) is 0 Å². The maximum absolute atomic E-state index is 12.4. The number of rotatable bonds is 36. The molecule has 0 spiro atoms. The molecule has 0 aliphatic rings. The van der Waals surface area contributed by atoms with Crippen LogP contribution >= 0.6 is 0 Å². The normalized spacial score (nSPS) is 13.8. The van der Waals surface area contributed by atoms with Crippen molar-refractivity contribution in [2.75, 3.05) is 6.61 Å². The lowest BCUT2D eigenvalue weighted by atomic mass is 10.0. The molecule has 0 rings (SSSR count). The fourth-order valence-corrected chi connectivity index (χ4v) is 6.22. The van der Waals surface area contributed by atoms with E-state index >= 15 is 0 Å². The Morgan fingerprint density at radius 1 is 0.533 bits per heavy atom. The Bertz CT molecular complexity index is 625. The highest BCUT2D eigenvalue weighted by molar-refractivity contribution is 5.76. The second-order valence-electron chi connectivity index (χ2n) is 13.8. The molecule has 0 bridgehead atoms. The zero-order valence-electron chi connectivity index (χ0n) is 30.3. The molecule has 3 unspecified atom stereocenters. The molecular weight excluding hydrogens is 558 g/mol. The Hall–Kier alpha value is -0.910. The van der Waals surface area contributed by atoms with E-state index < -0.39 is 18.2 Å². The van der Waals surface area contributed by atoms with Crippen molar-refractivity contribution in [3.8, 4) is 0 Å². The Labute approximate surface area is 280 Å². The molecule has 0 saturated heterocycles. The summed E-state index contributed by atoms with van der Waals surface area (Å²) in [5, 5.41) is 33.3. The smallest absolute Gasteiger partial charge is 0.220 e. The summed E-state index contributed by atoms with van der Waals surface area (Å²) in [6.45, 7) is 4.16. The van der Waals surface area contributed by atoms with Crippen LogP contribution in [0.2, 0.25) is 0 Å². The fraction of sp³-hybridized carbons (Fsp3) is 0.925. The van der Waals surface area contributed by atoms with Crippen LogP contribution < -0.4 is 5.32 Å². The molecule has 4 N–H and O–H groups in total. The zero-order valence-corrected chi connectivity index (χ0v) is 30.3. The number of aliphatic hydroxyl groups is 3. The number of carbonyl (C=O) groups is 1. The summed E-state index contributed by atoms with van der Waals surface area (Å²) < 4.78 is 0. The molecule has 0 aliphatic heterocycles. The highest BCUT2D eigenvalue weighted by Gasteiger charge is 2.26. The number of unbranched alkanes of at least 4 members (excludes halogenated alkanes) is 26. The first-order chi connectivity index (χ1) is 22.1. The molecule has 0 aromatic rings. The van der Waals surface area contributed by atoms with Gasteiger partial charge in [-0.15, -0.1) is 0 Å². The molecule has 268 valence electrons. The molecule has 0 radical (unpaired) electrons. The SMILES string of the molecule is CCCCCCCCCC=CCCCC(O)C(O)C(CO)NC(=O)CCCCCCCCCCCCCCCCCCCCC. The first-order valence-corrected chi connectivity index (χ1v) is 20.0. The Kier molecular flexibility index (Phi) is 35.2. The van der Waals surface area contributed by atoms with Gasteiger partial charge in [-0.25, -0.2) is 0 Å². The summed E-state index contributed by atoms with van der Waals surface area (Å²) in [6, 6.07) is -0.819. The van der Waals surface area contributed by atoms with E-state index in [0.29, 0.717) is 12.8 Å². The predicted octanol–water partition coefficient (Wildman–Crippen LogP) is 10.9. The average molecular weight is 638 g/mol. The maximum atomic E-state index is 12.4. The summed E-state index contributed by atoms with van der Waals surface area (Å²) in [4.78, 5) is 12.4. The third-order valence-electron chi connectivity index (χ3n) is 9.37. The van der Waals surface area contributed by atoms with Gasteiger partial charge in [-0.05, 0) is 38.5 Å². The molecule has 0 aromatic carbocycles. The van der Waals surface area contributed by atoms with E-state index in [0.717, 1.165) is 38.5 Å². The van der Waals surface area contributed by atoms with Crippen LogP contribution in [0, 0.1) is 0 Å². The molecule has 0 heterocycles. The first-order valence-electron chi connectivity index (χ1n) is 20.0. The average Bonchev–Trinajstić information content (AvgIpc) is 3.04. The van der Waals surface area contributed by atoms with Gasteiger partial charge in [-0.1, -0.05) is 180 Å². The maximum Gasteiger partial charge on any atom is 0.220 e. The van der Waals surface area contributed by atoms with Gasteiger partial charge in [0, 0.05) is 6.42 Å². The molecule has 5 heteroatoms. The van der Waals surface area contributed by atoms with E-state index in [1.807, 2.05) is 0 Å². The van der Waals surface area contributed by atoms with Crippen LogP contribution in [0.15, 0.2) is 12.2 Å². The van der Waals surface area contributed by atoms with Crippen molar-refractivity contribution >= 4 is 5.91 Å². The fourth-order valence-electron chi connectivity index (χ4n) is 6.22. The van der Waals surface area contributed by atoms with Crippen molar-refractivity contribution in [1.82, 2.24) is 5.32 Å². The third-order valence-corrected chi connectivity index (χ3v) is 9.37. The van der Waals surface area contributed by atoms with E-state index in [4.69, 9.17) is 0 Å². The molecule has 0 aliphatic carbocycles. The number of hydrogen-bond acceptors (Lipinski definition) is 4. The second-order valence-corrected chi connectivity index (χ2v) is 13.8. The highest BCUT2D eigenvalue weighted by Crippen LogP contribution is 2.16. The Balaban J connectivity index is 3.64. The monoisotopic (exact) mass is 638 g/mol. The summed E-state index contributed by atoms with van der Waals surface area (Å²) in [5.74, 6) is -0.152. The molecule has 0 saturated carbocycles. The number of hydrogen-bond donors (Lipinski definition) is 4. The van der Waals surface area contributed by atoms with Gasteiger partial charge in [-0.3, -0.25) is 4.79 Å². The summed E-state index contributed by atoms with van der Waals surface area (Å²) >= 11 is 0. The number of carbonyl (C=O) groups excluding carboxylic acids is 1. The van der Waals surface area contributed by atoms with Crippen molar-refractivity contribution < 1.29 is 20.1 Å². The van der Waals surface area contributed by atoms with E-state index in [-0.39, 0.29) is 12.5 Å². The standard InChI is InChI=1S/C40H79NO4/c1-3-5-7-9-11-13-15-17-18-19-20-21-22-23-25-27-29-31-33-35-39(44)41-37(36-42)40(45)38(43)34-32-30-28-26-24-16-14-12-10-8-6-4-2/h26,28,37-38,40,42-43,45H,3-25,27,29-36H2,1-2H3,(H,41,44). The van der Waals surface area contributed by atoms with Crippen LogP contribution in [0.3, 0.4) is 0 Å². The van der Waals surface area contributed by atoms with Crippen molar-refractivity contribution in [2.24, 2.45) is 0 Å². The Morgan fingerprint density at radius 3 is 1.29 bits per heavy atom. The molecule has 45 heavy (non-hydrogen) atoms. The Morgan fingerprint density at radius 2 is 0.889 bits per heavy atom. The van der Waals surface area contributed by atoms with Gasteiger partial charge >= 0.3 is 0 Å². The number of amides is 1. The van der Waals surface area contributed by atoms with Gasteiger partial charge < -0.3 is 20.6 Å². The predicted molar refractivity (Wildman–Crippen MR) is 195 cm³/mol. The van der Waals surface area contributed by atoms with Gasteiger partial charge in [0.25, 0.3) is 0 Å². The number of allylic oxidation sites excluding steroid dienone is 2. The quantitative estimate of drug-likeness (QED) is 0.0406. The second kappa shape index (κ2) is 35.9. The molecular formula is C40H79NO4. The van der Waals surface area contributed by atoms with E-state index in [9.17, 15) is 20.1 Å². The van der Waals surface area contributed by atoms with E-state index in [1.165, 1.54) is 148 Å². The van der Waals surface area contributed by atoms with Crippen LogP contribution in [0.25, 0.3) is 0 Å². The zero-order chi connectivity index (χ0) is 33.1. The van der Waals surface area contributed by atoms with Crippen LogP contribution in [0.1, 0.15) is 213 Å². The minimum atomic E-state index is -1.15. The lowest BCUT2D eigenvalue weighted by Gasteiger charge is -2.26. The van der Waals surface area contributed by atoms with E-state index in [2.05, 4.69) is 31.3 Å². The number of nitrogens with one attached hydrogen (secondary N) is 1. The van der Waals surface area contributed by atoms with Crippen LogP contribution in [-0.4, -0.2) is 46.1 Å². The lowest BCUT2D eigenvalue weighted by Crippen LogP contribution is -2.50. The van der Waals surface area contributed by atoms with Crippen molar-refractivity contribution in [3.63, 3.8) is 0 Å². The summed E-state index contributed by atoms with van der Waals surface area (Å²) in [7, 11) is 0. The molecule has 5 nitrogen and oxygen atoms in total. The van der Waals surface area contributed by atoms with Crippen molar-refractivity contribution in [2.45, 2.75) is 231 Å². The highest BCUT2D eigenvalue weighted by atomic mass is 16.3. The minimum absolute atomic E-state index is 0.152. The van der Waals surface area contributed by atoms with Gasteiger partial charge in [0.05, 0.1) is 18.8 Å². The minimum Gasteiger partial charge on any atom is -0.394 e. The van der Waals surface area contributed by atoms with E-state index in [1.54, 1.807) is 0 Å².